The van der Waals surface area contributed by atoms with Gasteiger partial charge in [0.25, 0.3) is 0 Å². The molecule has 0 aliphatic heterocycles. The highest BCUT2D eigenvalue weighted by molar-refractivity contribution is 5.14. The van der Waals surface area contributed by atoms with Crippen LogP contribution in [0.5, 0.6) is 0 Å². The van der Waals surface area contributed by atoms with Crippen molar-refractivity contribution in [3.63, 3.8) is 0 Å². The van der Waals surface area contributed by atoms with Crippen molar-refractivity contribution in [1.29, 1.82) is 0 Å². The largest absolute Gasteiger partial charge is 0.0813 e. The summed E-state index contributed by atoms with van der Waals surface area (Å²) in [5.41, 5.74) is 0. The summed E-state index contributed by atoms with van der Waals surface area (Å²) < 4.78 is 0. The minimum absolute atomic E-state index is 0.531. The van der Waals surface area contributed by atoms with E-state index in [9.17, 15) is 0 Å². The molecule has 14 heavy (non-hydrogen) atoms. The van der Waals surface area contributed by atoms with Gasteiger partial charge in [0.2, 0.25) is 0 Å². The lowest BCUT2D eigenvalue weighted by atomic mass is 10.0. The zero-order valence-corrected chi connectivity index (χ0v) is 9.35. The van der Waals surface area contributed by atoms with E-state index < -0.39 is 0 Å². The van der Waals surface area contributed by atoms with E-state index in [1.165, 1.54) is 0 Å². The first-order valence-electron chi connectivity index (χ1n) is 5.40. The van der Waals surface area contributed by atoms with Gasteiger partial charge in [-0.25, -0.2) is 0 Å². The second kappa shape index (κ2) is 5.64. The van der Waals surface area contributed by atoms with Crippen molar-refractivity contribution in [3.05, 3.63) is 48.6 Å². The van der Waals surface area contributed by atoms with Crippen LogP contribution in [0.25, 0.3) is 0 Å². The molecule has 0 aromatic rings. The molecule has 0 saturated heterocycles. The SMILES string of the molecule is CC1C=CC(C)/C=C\C(C)/C=C\C=C/1. The molecular weight excluding hydrogens is 168 g/mol. The van der Waals surface area contributed by atoms with Crippen LogP contribution in [0.1, 0.15) is 20.8 Å². The summed E-state index contributed by atoms with van der Waals surface area (Å²) in [6.45, 7) is 6.63. The van der Waals surface area contributed by atoms with Crippen LogP contribution in [0.2, 0.25) is 0 Å². The molecule has 0 nitrogen and oxygen atoms in total. The number of rotatable bonds is 0. The Bertz CT molecular complexity index is 238. The molecule has 0 aromatic carbocycles. The molecule has 0 aromatic heterocycles. The predicted molar refractivity (Wildman–Crippen MR) is 64.1 cm³/mol. The summed E-state index contributed by atoms with van der Waals surface area (Å²) in [5.74, 6) is 1.60. The van der Waals surface area contributed by atoms with Crippen molar-refractivity contribution < 1.29 is 0 Å². The van der Waals surface area contributed by atoms with E-state index in [4.69, 9.17) is 0 Å². The normalized spacial score (nSPS) is 39.8. The van der Waals surface area contributed by atoms with Gasteiger partial charge in [0.1, 0.15) is 0 Å². The molecular formula is C14H20. The van der Waals surface area contributed by atoms with Crippen LogP contribution in [0.15, 0.2) is 48.6 Å². The summed E-state index contributed by atoms with van der Waals surface area (Å²) >= 11 is 0. The highest BCUT2D eigenvalue weighted by atomic mass is 14.0. The quantitative estimate of drug-likeness (QED) is 0.501. The van der Waals surface area contributed by atoms with Crippen molar-refractivity contribution >= 4 is 0 Å². The summed E-state index contributed by atoms with van der Waals surface area (Å²) in [5, 5.41) is 0. The van der Waals surface area contributed by atoms with Crippen LogP contribution < -0.4 is 0 Å². The van der Waals surface area contributed by atoms with E-state index in [2.05, 4.69) is 69.4 Å². The molecule has 0 N–H and O–H groups in total. The third-order valence-corrected chi connectivity index (χ3v) is 2.38. The van der Waals surface area contributed by atoms with Gasteiger partial charge in [0, 0.05) is 0 Å². The first kappa shape index (κ1) is 11.0. The zero-order valence-electron chi connectivity index (χ0n) is 9.35. The Kier molecular flexibility index (Phi) is 4.45. The van der Waals surface area contributed by atoms with E-state index in [1.54, 1.807) is 0 Å². The lowest BCUT2D eigenvalue weighted by Gasteiger charge is -2.01. The van der Waals surface area contributed by atoms with Crippen LogP contribution >= 0.6 is 0 Å². The minimum atomic E-state index is 0.531. The zero-order chi connectivity index (χ0) is 10.4. The van der Waals surface area contributed by atoms with E-state index >= 15 is 0 Å². The molecule has 76 valence electrons. The van der Waals surface area contributed by atoms with E-state index in [0.29, 0.717) is 17.8 Å². The van der Waals surface area contributed by atoms with Crippen molar-refractivity contribution in [1.82, 2.24) is 0 Å². The van der Waals surface area contributed by atoms with Gasteiger partial charge >= 0.3 is 0 Å². The Morgan fingerprint density at radius 3 is 1.14 bits per heavy atom. The standard InChI is InChI=1S/C14H20/c1-12-6-4-5-7-13(2)9-11-14(3)10-8-12/h4-14H,1-3H3/b6-4-,7-5-,10-8-,11-9?. The minimum Gasteiger partial charge on any atom is -0.0813 e. The molecule has 0 radical (unpaired) electrons. The fourth-order valence-corrected chi connectivity index (χ4v) is 1.37. The average Bonchev–Trinajstić information content (AvgIpc) is 2.19. The number of hydrogen-bond donors (Lipinski definition) is 0. The van der Waals surface area contributed by atoms with Gasteiger partial charge in [-0.15, -0.1) is 0 Å². The van der Waals surface area contributed by atoms with Crippen molar-refractivity contribution in [3.8, 4) is 0 Å². The average molecular weight is 188 g/mol. The van der Waals surface area contributed by atoms with Gasteiger partial charge < -0.3 is 0 Å². The third kappa shape index (κ3) is 4.27. The van der Waals surface area contributed by atoms with Gasteiger partial charge in [0.05, 0.1) is 0 Å². The molecule has 0 heterocycles. The topological polar surface area (TPSA) is 0 Å². The van der Waals surface area contributed by atoms with Crippen LogP contribution in [0, 0.1) is 17.8 Å². The highest BCUT2D eigenvalue weighted by Gasteiger charge is 1.95. The Morgan fingerprint density at radius 1 is 0.500 bits per heavy atom. The molecule has 0 heteroatoms. The van der Waals surface area contributed by atoms with E-state index in [1.807, 2.05) is 0 Å². The van der Waals surface area contributed by atoms with E-state index in [-0.39, 0.29) is 0 Å². The smallest absolute Gasteiger partial charge is 0.00786 e. The lowest BCUT2D eigenvalue weighted by molar-refractivity contribution is 0.863. The lowest BCUT2D eigenvalue weighted by Crippen LogP contribution is -1.88. The Morgan fingerprint density at radius 2 is 0.786 bits per heavy atom. The van der Waals surface area contributed by atoms with Crippen molar-refractivity contribution in [2.45, 2.75) is 20.8 Å². The number of hydrogen-bond acceptors (Lipinski definition) is 0. The summed E-state index contributed by atoms with van der Waals surface area (Å²) in [4.78, 5) is 0. The number of allylic oxidation sites excluding steroid dienone is 8. The van der Waals surface area contributed by atoms with Crippen LogP contribution in [-0.4, -0.2) is 0 Å². The van der Waals surface area contributed by atoms with Gasteiger partial charge in [-0.1, -0.05) is 69.4 Å². The molecule has 0 saturated carbocycles. The molecule has 3 atom stereocenters. The van der Waals surface area contributed by atoms with Crippen molar-refractivity contribution in [2.24, 2.45) is 17.8 Å². The van der Waals surface area contributed by atoms with Crippen molar-refractivity contribution in [2.75, 3.05) is 0 Å². The Hall–Kier alpha value is -1.04. The molecule has 0 spiro atoms. The van der Waals surface area contributed by atoms with Crippen LogP contribution in [0.3, 0.4) is 0 Å². The van der Waals surface area contributed by atoms with Crippen LogP contribution in [0.4, 0.5) is 0 Å². The van der Waals surface area contributed by atoms with Gasteiger partial charge in [-0.2, -0.15) is 0 Å². The van der Waals surface area contributed by atoms with Gasteiger partial charge in [-0.3, -0.25) is 0 Å². The maximum absolute atomic E-state index is 2.27. The first-order chi connectivity index (χ1) is 6.68. The summed E-state index contributed by atoms with van der Waals surface area (Å²) in [7, 11) is 0. The summed E-state index contributed by atoms with van der Waals surface area (Å²) in [6.07, 6.45) is 17.8. The predicted octanol–water partition coefficient (Wildman–Crippen LogP) is 4.13. The molecule has 1 rings (SSSR count). The summed E-state index contributed by atoms with van der Waals surface area (Å²) in [6, 6.07) is 0. The molecule has 3 unspecified atom stereocenters. The molecule has 0 bridgehead atoms. The highest BCUT2D eigenvalue weighted by Crippen LogP contribution is 2.10. The van der Waals surface area contributed by atoms with Gasteiger partial charge in [0.15, 0.2) is 0 Å². The Labute approximate surface area is 87.7 Å². The third-order valence-electron chi connectivity index (χ3n) is 2.38. The monoisotopic (exact) mass is 188 g/mol. The fourth-order valence-electron chi connectivity index (χ4n) is 1.37. The van der Waals surface area contributed by atoms with Crippen LogP contribution in [-0.2, 0) is 0 Å². The molecule has 0 amide bonds. The molecule has 0 fully saturated rings. The first-order valence-corrected chi connectivity index (χ1v) is 5.40. The maximum Gasteiger partial charge on any atom is -0.00786 e. The molecule has 1 aliphatic carbocycles. The maximum atomic E-state index is 2.27. The Balaban J connectivity index is 2.78. The second-order valence-corrected chi connectivity index (χ2v) is 4.12. The van der Waals surface area contributed by atoms with E-state index in [0.717, 1.165) is 0 Å². The van der Waals surface area contributed by atoms with Gasteiger partial charge in [-0.05, 0) is 17.8 Å². The second-order valence-electron chi connectivity index (χ2n) is 4.12. The fraction of sp³-hybridized carbons (Fsp3) is 0.429. The molecule has 1 aliphatic rings.